The van der Waals surface area contributed by atoms with Crippen molar-refractivity contribution in [2.45, 2.75) is 20.6 Å². The molecule has 72 heavy (non-hydrogen) atoms. The second kappa shape index (κ2) is 15.1. The Hall–Kier alpha value is -8.41. The van der Waals surface area contributed by atoms with Crippen LogP contribution in [0.2, 0.25) is 0 Å². The second-order valence-corrected chi connectivity index (χ2v) is 21.6. The minimum Gasteiger partial charge on any atom is -0.456 e. The predicted octanol–water partition coefficient (Wildman–Crippen LogP) is 18.6. The van der Waals surface area contributed by atoms with Gasteiger partial charge < -0.3 is 9.32 Å². The van der Waals surface area contributed by atoms with Crippen LogP contribution in [0, 0.1) is 0 Å². The van der Waals surface area contributed by atoms with Crippen molar-refractivity contribution in [3.05, 3.63) is 293 Å². The van der Waals surface area contributed by atoms with Gasteiger partial charge in [0.05, 0.1) is 16.5 Å². The van der Waals surface area contributed by atoms with E-state index in [0.717, 1.165) is 39.0 Å². The largest absolute Gasteiger partial charge is 0.456 e. The highest BCUT2D eigenvalue weighted by molar-refractivity contribution is 7.99. The van der Waals surface area contributed by atoms with E-state index in [4.69, 9.17) is 4.42 Å². The molecule has 1 spiro atoms. The molecule has 4 heteroatoms. The average molecular weight is 952 g/mol. The van der Waals surface area contributed by atoms with Crippen LogP contribution in [0.5, 0.6) is 0 Å². The summed E-state index contributed by atoms with van der Waals surface area (Å²) in [6, 6.07) is 92.9. The third-order valence-corrected chi connectivity index (χ3v) is 18.3. The zero-order chi connectivity index (χ0) is 47.1. The second-order valence-electron chi connectivity index (χ2n) is 19.4. The molecular formula is C68H41NOS2. The first kappa shape index (κ1) is 40.3. The van der Waals surface area contributed by atoms with Crippen LogP contribution in [0.15, 0.2) is 263 Å². The molecule has 0 saturated heterocycles. The first-order valence-electron chi connectivity index (χ1n) is 24.7. The Bertz CT molecular complexity index is 4310. The van der Waals surface area contributed by atoms with Crippen LogP contribution in [0.3, 0.4) is 0 Å². The van der Waals surface area contributed by atoms with Crippen molar-refractivity contribution in [2.75, 3.05) is 4.90 Å². The van der Waals surface area contributed by atoms with Gasteiger partial charge in [0.2, 0.25) is 0 Å². The van der Waals surface area contributed by atoms with Gasteiger partial charge >= 0.3 is 0 Å². The van der Waals surface area contributed by atoms with E-state index in [2.05, 4.69) is 254 Å². The van der Waals surface area contributed by atoms with E-state index in [-0.39, 0.29) is 0 Å². The van der Waals surface area contributed by atoms with Crippen molar-refractivity contribution in [3.63, 3.8) is 0 Å². The van der Waals surface area contributed by atoms with Crippen molar-refractivity contribution in [3.8, 4) is 22.3 Å². The maximum absolute atomic E-state index is 6.69. The Labute approximate surface area is 425 Å². The zero-order valence-electron chi connectivity index (χ0n) is 38.8. The van der Waals surface area contributed by atoms with Crippen LogP contribution in [-0.4, -0.2) is 0 Å². The summed E-state index contributed by atoms with van der Waals surface area (Å²) in [6.07, 6.45) is 0. The normalized spacial score (nSPS) is 14.3. The van der Waals surface area contributed by atoms with E-state index >= 15 is 0 Å². The van der Waals surface area contributed by atoms with Crippen molar-refractivity contribution in [2.24, 2.45) is 0 Å². The molecule has 0 atom stereocenters. The van der Waals surface area contributed by atoms with Crippen LogP contribution < -0.4 is 4.90 Å². The van der Waals surface area contributed by atoms with Gasteiger partial charge in [-0.15, -0.1) is 11.3 Å². The van der Waals surface area contributed by atoms with Crippen molar-refractivity contribution in [1.82, 2.24) is 0 Å². The van der Waals surface area contributed by atoms with E-state index in [1.54, 1.807) is 0 Å². The Morgan fingerprint density at radius 1 is 0.333 bits per heavy atom. The maximum atomic E-state index is 6.69. The molecule has 1 aliphatic heterocycles. The Morgan fingerprint density at radius 3 is 1.62 bits per heavy atom. The third kappa shape index (κ3) is 5.30. The third-order valence-electron chi connectivity index (χ3n) is 16.0. The number of benzene rings is 11. The van der Waals surface area contributed by atoms with Crippen molar-refractivity contribution in [1.29, 1.82) is 0 Å². The van der Waals surface area contributed by atoms with Crippen LogP contribution in [-0.2, 0) is 10.8 Å². The SMILES string of the molecule is c1ccc(C2(c3ccccc3)c3ccccc3-c3ccc(N(c4ccc5c(c4)oc4ccccc45)c4cccc5sc6cc7c(cc6c45)-c4ccccc4C74c5ccccc5Sc5ccccc54)cc32)cc1. The van der Waals surface area contributed by atoms with E-state index in [0.29, 0.717) is 0 Å². The predicted molar refractivity (Wildman–Crippen MR) is 300 cm³/mol. The Morgan fingerprint density at radius 2 is 0.889 bits per heavy atom. The number of anilines is 3. The highest BCUT2D eigenvalue weighted by atomic mass is 32.2. The summed E-state index contributed by atoms with van der Waals surface area (Å²) >= 11 is 3.79. The molecule has 13 aromatic rings. The fourth-order valence-electron chi connectivity index (χ4n) is 13.2. The zero-order valence-corrected chi connectivity index (χ0v) is 40.5. The van der Waals surface area contributed by atoms with Gasteiger partial charge in [-0.05, 0) is 133 Å². The van der Waals surface area contributed by atoms with E-state index in [9.17, 15) is 0 Å². The van der Waals surface area contributed by atoms with Gasteiger partial charge in [0.1, 0.15) is 11.2 Å². The van der Waals surface area contributed by atoms with Gasteiger partial charge in [-0.25, -0.2) is 0 Å². The molecular weight excluding hydrogens is 911 g/mol. The van der Waals surface area contributed by atoms with Gasteiger partial charge in [-0.2, -0.15) is 0 Å². The lowest BCUT2D eigenvalue weighted by Crippen LogP contribution is -2.31. The number of furan rings is 1. The lowest BCUT2D eigenvalue weighted by Gasteiger charge is -2.39. The number of thiophene rings is 1. The summed E-state index contributed by atoms with van der Waals surface area (Å²) in [5.41, 5.74) is 19.6. The topological polar surface area (TPSA) is 16.4 Å². The van der Waals surface area contributed by atoms with Crippen LogP contribution in [0.25, 0.3) is 64.4 Å². The van der Waals surface area contributed by atoms with Crippen molar-refractivity contribution < 1.29 is 4.42 Å². The monoisotopic (exact) mass is 951 g/mol. The lowest BCUT2D eigenvalue weighted by atomic mass is 9.67. The van der Waals surface area contributed by atoms with Gasteiger partial charge in [0, 0.05) is 58.2 Å². The number of hydrogen-bond donors (Lipinski definition) is 0. The summed E-state index contributed by atoms with van der Waals surface area (Å²) in [5, 5.41) is 4.73. The summed E-state index contributed by atoms with van der Waals surface area (Å²) in [4.78, 5) is 5.13. The average Bonchev–Trinajstić information content (AvgIpc) is 4.17. The fourth-order valence-corrected chi connectivity index (χ4v) is 15.5. The molecule has 0 radical (unpaired) electrons. The van der Waals surface area contributed by atoms with E-state index in [1.807, 2.05) is 23.1 Å². The molecule has 3 heterocycles. The molecule has 0 unspecified atom stereocenters. The smallest absolute Gasteiger partial charge is 0.137 e. The molecule has 2 aliphatic carbocycles. The lowest BCUT2D eigenvalue weighted by molar-refractivity contribution is 0.669. The minimum atomic E-state index is -0.557. The first-order valence-corrected chi connectivity index (χ1v) is 26.4. The number of para-hydroxylation sites is 1. The highest BCUT2D eigenvalue weighted by Crippen LogP contribution is 2.64. The molecule has 336 valence electrons. The molecule has 0 amide bonds. The molecule has 0 saturated carbocycles. The molecule has 2 nitrogen and oxygen atoms in total. The van der Waals surface area contributed by atoms with Gasteiger partial charge in [0.25, 0.3) is 0 Å². The summed E-state index contributed by atoms with van der Waals surface area (Å²) < 4.78 is 9.21. The first-order chi connectivity index (χ1) is 35.7. The van der Waals surface area contributed by atoms with Gasteiger partial charge in [-0.1, -0.05) is 188 Å². The number of fused-ring (bicyclic) bond motifs is 18. The summed E-state index contributed by atoms with van der Waals surface area (Å²) in [5.74, 6) is 0. The Balaban J connectivity index is 0.982. The molecule has 0 bridgehead atoms. The highest BCUT2D eigenvalue weighted by Gasteiger charge is 2.51. The standard InChI is InChI=1S/C68H41NOS2/c1-3-18-42(19-4-1)67(43-20-5-2-6-21-43)53-25-10-7-22-46(53)48-36-34-44(38-57(48)67)69(45-35-37-50-49-24-9-14-30-60(49)70-61(50)39-45)59-29-17-33-64-66(59)52-40-51-47-23-8-11-26-54(47)68(58(51)41-65(52)72-64)55-27-12-15-31-62(55)71-63-32-16-13-28-56(63)68/h1-41H. The number of hydrogen-bond acceptors (Lipinski definition) is 4. The van der Waals surface area contributed by atoms with E-state index in [1.165, 1.54) is 96.7 Å². The molecule has 3 aliphatic rings. The minimum absolute atomic E-state index is 0.447. The molecule has 11 aromatic carbocycles. The molecule has 2 aromatic heterocycles. The number of rotatable bonds is 5. The fraction of sp³-hybridized carbons (Fsp3) is 0.0294. The maximum Gasteiger partial charge on any atom is 0.137 e. The quantitative estimate of drug-likeness (QED) is 0.171. The van der Waals surface area contributed by atoms with Crippen LogP contribution in [0.1, 0.15) is 44.5 Å². The van der Waals surface area contributed by atoms with Gasteiger partial charge in [-0.3, -0.25) is 0 Å². The van der Waals surface area contributed by atoms with E-state index < -0.39 is 10.8 Å². The van der Waals surface area contributed by atoms with Crippen LogP contribution >= 0.6 is 23.1 Å². The summed E-state index contributed by atoms with van der Waals surface area (Å²) in [7, 11) is 0. The molecule has 16 rings (SSSR count). The van der Waals surface area contributed by atoms with Crippen LogP contribution in [0.4, 0.5) is 17.1 Å². The van der Waals surface area contributed by atoms with Crippen molar-refractivity contribution >= 4 is 82.3 Å². The Kier molecular flexibility index (Phi) is 8.43. The van der Waals surface area contributed by atoms with Gasteiger partial charge in [0.15, 0.2) is 0 Å². The molecule has 0 N–H and O–H groups in total. The molecule has 0 fully saturated rings. The summed E-state index contributed by atoms with van der Waals surface area (Å²) in [6.45, 7) is 0. The number of nitrogens with zero attached hydrogens (tertiary/aromatic N) is 1.